The van der Waals surface area contributed by atoms with Crippen molar-refractivity contribution in [1.82, 2.24) is 19.6 Å². The normalized spacial score (nSPS) is 10.6. The van der Waals surface area contributed by atoms with E-state index < -0.39 is 0 Å². The fraction of sp³-hybridized carbons (Fsp3) is 0.100. The van der Waals surface area contributed by atoms with Gasteiger partial charge in [0.1, 0.15) is 17.5 Å². The van der Waals surface area contributed by atoms with Crippen molar-refractivity contribution < 1.29 is 0 Å². The minimum absolute atomic E-state index is 0.488. The number of nitrogens with zero attached hydrogens (tertiary/aromatic N) is 5. The molecule has 0 spiro atoms. The monoisotopic (exact) mass is 340 g/mol. The van der Waals surface area contributed by atoms with Crippen LogP contribution in [-0.2, 0) is 6.42 Å². The first-order valence-corrected chi connectivity index (χ1v) is 8.33. The predicted octanol–water partition coefficient (Wildman–Crippen LogP) is 3.32. The third-order valence-corrected chi connectivity index (χ3v) is 4.15. The van der Waals surface area contributed by atoms with E-state index in [-0.39, 0.29) is 0 Å². The van der Waals surface area contributed by atoms with E-state index in [0.29, 0.717) is 29.3 Å². The van der Waals surface area contributed by atoms with Crippen LogP contribution in [0.5, 0.6) is 0 Å². The summed E-state index contributed by atoms with van der Waals surface area (Å²) in [4.78, 5) is 8.67. The number of benzene rings is 1. The summed E-state index contributed by atoms with van der Waals surface area (Å²) in [5.74, 6) is 0.662. The van der Waals surface area contributed by atoms with E-state index in [0.717, 1.165) is 12.0 Å². The standard InChI is InChI=1S/C20H16N6/c21-14-17-19(16-4-2-1-3-5-16)25-18-9-13-24-26(18)20(17)23-12-8-15-6-10-22-11-7-15/h1-7,9-11,13,23H,8,12H2. The first-order chi connectivity index (χ1) is 12.9. The lowest BCUT2D eigenvalue weighted by atomic mass is 10.1. The van der Waals surface area contributed by atoms with Crippen LogP contribution in [0.2, 0.25) is 0 Å². The van der Waals surface area contributed by atoms with Gasteiger partial charge < -0.3 is 5.32 Å². The van der Waals surface area contributed by atoms with E-state index in [1.807, 2.05) is 48.5 Å². The SMILES string of the molecule is N#Cc1c(-c2ccccc2)nc2ccnn2c1NCCc1ccncc1. The van der Waals surface area contributed by atoms with E-state index in [2.05, 4.69) is 26.5 Å². The molecule has 0 amide bonds. The maximum Gasteiger partial charge on any atom is 0.158 e. The molecule has 1 aromatic carbocycles. The highest BCUT2D eigenvalue weighted by Crippen LogP contribution is 2.27. The van der Waals surface area contributed by atoms with Gasteiger partial charge in [-0.25, -0.2) is 4.98 Å². The van der Waals surface area contributed by atoms with Gasteiger partial charge >= 0.3 is 0 Å². The van der Waals surface area contributed by atoms with Gasteiger partial charge in [0.05, 0.1) is 11.9 Å². The Kier molecular flexibility index (Phi) is 4.27. The van der Waals surface area contributed by atoms with Gasteiger partial charge in [-0.2, -0.15) is 14.9 Å². The fourth-order valence-corrected chi connectivity index (χ4v) is 2.89. The molecule has 6 heteroatoms. The zero-order valence-electron chi connectivity index (χ0n) is 14.0. The summed E-state index contributed by atoms with van der Waals surface area (Å²) in [6.45, 7) is 0.673. The summed E-state index contributed by atoms with van der Waals surface area (Å²) in [5, 5.41) is 17.5. The summed E-state index contributed by atoms with van der Waals surface area (Å²) in [7, 11) is 0. The number of rotatable bonds is 5. The summed E-state index contributed by atoms with van der Waals surface area (Å²) in [6, 6.07) is 17.8. The Labute approximate surface area is 150 Å². The number of anilines is 1. The molecule has 0 unspecified atom stereocenters. The Morgan fingerprint density at radius 3 is 2.58 bits per heavy atom. The van der Waals surface area contributed by atoms with Crippen LogP contribution in [0.1, 0.15) is 11.1 Å². The largest absolute Gasteiger partial charge is 0.368 e. The number of hydrogen-bond acceptors (Lipinski definition) is 5. The van der Waals surface area contributed by atoms with Gasteiger partial charge in [-0.3, -0.25) is 4.98 Å². The third kappa shape index (κ3) is 2.98. The predicted molar refractivity (Wildman–Crippen MR) is 99.6 cm³/mol. The molecule has 0 bridgehead atoms. The molecule has 0 aliphatic rings. The van der Waals surface area contributed by atoms with Crippen LogP contribution in [0.25, 0.3) is 16.9 Å². The van der Waals surface area contributed by atoms with E-state index in [1.165, 1.54) is 5.56 Å². The van der Waals surface area contributed by atoms with Gasteiger partial charge in [0.25, 0.3) is 0 Å². The molecule has 0 saturated carbocycles. The van der Waals surface area contributed by atoms with Crippen molar-refractivity contribution >= 4 is 11.5 Å². The van der Waals surface area contributed by atoms with Crippen LogP contribution < -0.4 is 5.32 Å². The zero-order valence-corrected chi connectivity index (χ0v) is 14.0. The van der Waals surface area contributed by atoms with Crippen molar-refractivity contribution in [2.24, 2.45) is 0 Å². The lowest BCUT2D eigenvalue weighted by Crippen LogP contribution is -2.12. The summed E-state index contributed by atoms with van der Waals surface area (Å²) >= 11 is 0. The van der Waals surface area contributed by atoms with E-state index in [9.17, 15) is 5.26 Å². The molecule has 6 nitrogen and oxygen atoms in total. The maximum atomic E-state index is 9.79. The molecule has 0 radical (unpaired) electrons. The molecule has 3 aromatic heterocycles. The lowest BCUT2D eigenvalue weighted by Gasteiger charge is -2.13. The maximum absolute atomic E-state index is 9.79. The quantitative estimate of drug-likeness (QED) is 0.603. The van der Waals surface area contributed by atoms with Crippen molar-refractivity contribution in [2.75, 3.05) is 11.9 Å². The molecule has 0 atom stereocenters. The smallest absolute Gasteiger partial charge is 0.158 e. The fourth-order valence-electron chi connectivity index (χ4n) is 2.89. The first-order valence-electron chi connectivity index (χ1n) is 8.33. The topological polar surface area (TPSA) is 78.9 Å². The molecule has 1 N–H and O–H groups in total. The summed E-state index contributed by atoms with van der Waals surface area (Å²) in [6.07, 6.45) is 6.06. The van der Waals surface area contributed by atoms with E-state index in [1.54, 1.807) is 23.1 Å². The second-order valence-corrected chi connectivity index (χ2v) is 5.80. The Balaban J connectivity index is 1.73. The minimum Gasteiger partial charge on any atom is -0.368 e. The molecule has 3 heterocycles. The van der Waals surface area contributed by atoms with Crippen LogP contribution in [-0.4, -0.2) is 26.1 Å². The Bertz CT molecular complexity index is 1060. The Morgan fingerprint density at radius 2 is 1.81 bits per heavy atom. The van der Waals surface area contributed by atoms with Crippen molar-refractivity contribution in [2.45, 2.75) is 6.42 Å². The minimum atomic E-state index is 0.488. The van der Waals surface area contributed by atoms with Crippen molar-refractivity contribution in [1.29, 1.82) is 5.26 Å². The number of pyridine rings is 1. The molecule has 26 heavy (non-hydrogen) atoms. The van der Waals surface area contributed by atoms with E-state index in [4.69, 9.17) is 0 Å². The average molecular weight is 340 g/mol. The molecule has 0 saturated heterocycles. The van der Waals surface area contributed by atoms with Crippen LogP contribution >= 0.6 is 0 Å². The van der Waals surface area contributed by atoms with Crippen LogP contribution in [0.4, 0.5) is 5.82 Å². The second-order valence-electron chi connectivity index (χ2n) is 5.80. The third-order valence-electron chi connectivity index (χ3n) is 4.15. The van der Waals surface area contributed by atoms with Crippen molar-refractivity contribution in [3.05, 3.63) is 78.2 Å². The lowest BCUT2D eigenvalue weighted by molar-refractivity contribution is 0.910. The highest BCUT2D eigenvalue weighted by Gasteiger charge is 2.17. The highest BCUT2D eigenvalue weighted by atomic mass is 15.3. The van der Waals surface area contributed by atoms with E-state index >= 15 is 0 Å². The van der Waals surface area contributed by atoms with Gasteiger partial charge in [0.2, 0.25) is 0 Å². The Hall–Kier alpha value is -3.72. The summed E-state index contributed by atoms with van der Waals surface area (Å²) < 4.78 is 1.68. The van der Waals surface area contributed by atoms with Crippen molar-refractivity contribution in [3.8, 4) is 17.3 Å². The van der Waals surface area contributed by atoms with Gasteiger partial charge in [-0.05, 0) is 24.1 Å². The highest BCUT2D eigenvalue weighted by molar-refractivity contribution is 5.75. The number of aromatic nitrogens is 4. The number of fused-ring (bicyclic) bond motifs is 1. The number of nitrogens with one attached hydrogen (secondary N) is 1. The van der Waals surface area contributed by atoms with Crippen molar-refractivity contribution in [3.63, 3.8) is 0 Å². The molecular weight excluding hydrogens is 324 g/mol. The molecular formula is C20H16N6. The van der Waals surface area contributed by atoms with Gasteiger partial charge in [0.15, 0.2) is 5.65 Å². The molecule has 0 aliphatic heterocycles. The Morgan fingerprint density at radius 1 is 1.00 bits per heavy atom. The van der Waals surface area contributed by atoms with Crippen LogP contribution in [0.3, 0.4) is 0 Å². The summed E-state index contributed by atoms with van der Waals surface area (Å²) in [5.41, 5.74) is 3.94. The molecule has 0 aliphatic carbocycles. The zero-order chi connectivity index (χ0) is 17.8. The molecule has 4 aromatic rings. The number of hydrogen-bond donors (Lipinski definition) is 1. The van der Waals surface area contributed by atoms with Gasteiger partial charge in [0, 0.05) is 30.6 Å². The van der Waals surface area contributed by atoms with Crippen LogP contribution in [0.15, 0.2) is 67.1 Å². The second kappa shape index (κ2) is 7.03. The number of nitriles is 1. The molecule has 4 rings (SSSR count). The van der Waals surface area contributed by atoms with Crippen LogP contribution in [0, 0.1) is 11.3 Å². The molecule has 0 fully saturated rings. The first kappa shape index (κ1) is 15.8. The van der Waals surface area contributed by atoms with Gasteiger partial charge in [-0.15, -0.1) is 0 Å². The average Bonchev–Trinajstić information content (AvgIpc) is 3.17. The molecule has 126 valence electrons. The van der Waals surface area contributed by atoms with Gasteiger partial charge in [-0.1, -0.05) is 30.3 Å².